The third-order valence-corrected chi connectivity index (χ3v) is 2.35. The van der Waals surface area contributed by atoms with Gasteiger partial charge in [-0.25, -0.2) is 0 Å². The minimum Gasteiger partial charge on any atom is -0.369 e. The van der Waals surface area contributed by atoms with Crippen LogP contribution in [0.2, 0.25) is 0 Å². The van der Waals surface area contributed by atoms with Crippen LogP contribution in [0.1, 0.15) is 19.4 Å². The summed E-state index contributed by atoms with van der Waals surface area (Å²) in [7, 11) is 0. The van der Waals surface area contributed by atoms with E-state index in [0.717, 1.165) is 5.56 Å². The third kappa shape index (κ3) is 4.39. The molecule has 1 amide bonds. The highest BCUT2D eigenvalue weighted by atomic mass is 32.1. The number of ether oxygens (including phenoxy) is 1. The third-order valence-electron chi connectivity index (χ3n) is 1.62. The van der Waals surface area contributed by atoms with Gasteiger partial charge in [-0.1, -0.05) is 0 Å². The van der Waals surface area contributed by atoms with Crippen molar-refractivity contribution in [2.45, 2.75) is 26.5 Å². The first kappa shape index (κ1) is 11.2. The first-order chi connectivity index (χ1) is 6.68. The van der Waals surface area contributed by atoms with Gasteiger partial charge in [-0.05, 0) is 36.2 Å². The summed E-state index contributed by atoms with van der Waals surface area (Å²) in [6, 6.07) is 1.99. The maximum absolute atomic E-state index is 11.2. The Morgan fingerprint density at radius 3 is 3.00 bits per heavy atom. The number of rotatable bonds is 5. The van der Waals surface area contributed by atoms with Crippen molar-refractivity contribution in [1.29, 1.82) is 0 Å². The van der Waals surface area contributed by atoms with Crippen LogP contribution < -0.4 is 5.32 Å². The molecule has 14 heavy (non-hydrogen) atoms. The van der Waals surface area contributed by atoms with Crippen molar-refractivity contribution in [1.82, 2.24) is 5.32 Å². The average molecular weight is 213 g/mol. The largest absolute Gasteiger partial charge is 0.369 e. The smallest absolute Gasteiger partial charge is 0.246 e. The molecule has 0 aliphatic carbocycles. The maximum atomic E-state index is 11.2. The van der Waals surface area contributed by atoms with E-state index in [2.05, 4.69) is 5.32 Å². The molecule has 0 saturated heterocycles. The van der Waals surface area contributed by atoms with Crippen LogP contribution in [0, 0.1) is 0 Å². The van der Waals surface area contributed by atoms with E-state index in [1.807, 2.05) is 30.7 Å². The minimum absolute atomic E-state index is 0.0649. The fraction of sp³-hybridized carbons (Fsp3) is 0.500. The molecular weight excluding hydrogens is 198 g/mol. The molecule has 3 nitrogen and oxygen atoms in total. The summed E-state index contributed by atoms with van der Waals surface area (Å²) in [6.45, 7) is 4.55. The lowest BCUT2D eigenvalue weighted by Gasteiger charge is -2.07. The molecule has 1 N–H and O–H groups in total. The lowest BCUT2D eigenvalue weighted by molar-refractivity contribution is -0.127. The lowest BCUT2D eigenvalue weighted by Crippen LogP contribution is -2.28. The number of hydrogen-bond donors (Lipinski definition) is 1. The van der Waals surface area contributed by atoms with Gasteiger partial charge >= 0.3 is 0 Å². The summed E-state index contributed by atoms with van der Waals surface area (Å²) in [4.78, 5) is 11.2. The molecule has 0 unspecified atom stereocenters. The molecule has 0 aromatic carbocycles. The molecule has 0 fully saturated rings. The summed E-state index contributed by atoms with van der Waals surface area (Å²) in [5, 5.41) is 6.79. The van der Waals surface area contributed by atoms with E-state index >= 15 is 0 Å². The predicted octanol–water partition coefficient (Wildman–Crippen LogP) is 1.79. The number of thiophene rings is 1. The van der Waals surface area contributed by atoms with Gasteiger partial charge in [0.2, 0.25) is 5.91 Å². The number of carbonyl (C=O) groups is 1. The summed E-state index contributed by atoms with van der Waals surface area (Å²) in [5.74, 6) is -0.0649. The zero-order chi connectivity index (χ0) is 10.4. The highest BCUT2D eigenvalue weighted by molar-refractivity contribution is 7.07. The van der Waals surface area contributed by atoms with Gasteiger partial charge in [0.15, 0.2) is 0 Å². The monoisotopic (exact) mass is 213 g/mol. The number of amides is 1. The Hall–Kier alpha value is -0.870. The quantitative estimate of drug-likeness (QED) is 0.809. The maximum Gasteiger partial charge on any atom is 0.246 e. The lowest BCUT2D eigenvalue weighted by atomic mass is 10.3. The van der Waals surface area contributed by atoms with Gasteiger partial charge in [0.1, 0.15) is 6.61 Å². The molecule has 78 valence electrons. The second-order valence-corrected chi connectivity index (χ2v) is 4.05. The number of carbonyl (C=O) groups excluding carboxylic acids is 1. The molecule has 0 aliphatic rings. The second kappa shape index (κ2) is 5.78. The molecule has 0 saturated carbocycles. The van der Waals surface area contributed by atoms with Crippen LogP contribution in [-0.2, 0) is 16.1 Å². The van der Waals surface area contributed by atoms with Crippen LogP contribution in [0.4, 0.5) is 0 Å². The number of hydrogen-bond acceptors (Lipinski definition) is 3. The molecular formula is C10H15NO2S. The molecule has 0 aliphatic heterocycles. The second-order valence-electron chi connectivity index (χ2n) is 3.27. The summed E-state index contributed by atoms with van der Waals surface area (Å²) < 4.78 is 5.16. The topological polar surface area (TPSA) is 38.3 Å². The van der Waals surface area contributed by atoms with Crippen LogP contribution in [0.3, 0.4) is 0 Å². The Balaban J connectivity index is 2.15. The molecule has 1 aromatic rings. The highest BCUT2D eigenvalue weighted by Gasteiger charge is 2.02. The number of nitrogens with one attached hydrogen (secondary N) is 1. The Labute approximate surface area is 88.1 Å². The van der Waals surface area contributed by atoms with Gasteiger partial charge in [-0.3, -0.25) is 4.79 Å². The van der Waals surface area contributed by atoms with Crippen LogP contribution in [-0.4, -0.2) is 18.6 Å². The van der Waals surface area contributed by atoms with E-state index in [-0.39, 0.29) is 18.6 Å². The van der Waals surface area contributed by atoms with E-state index in [1.165, 1.54) is 0 Å². The normalized spacial score (nSPS) is 10.5. The molecule has 1 aromatic heterocycles. The molecule has 0 bridgehead atoms. The van der Waals surface area contributed by atoms with Gasteiger partial charge in [-0.15, -0.1) is 0 Å². The van der Waals surface area contributed by atoms with Crippen molar-refractivity contribution in [2.24, 2.45) is 0 Å². The van der Waals surface area contributed by atoms with Crippen LogP contribution in [0.25, 0.3) is 0 Å². The Morgan fingerprint density at radius 2 is 2.43 bits per heavy atom. The summed E-state index contributed by atoms with van der Waals surface area (Å²) in [5.41, 5.74) is 1.13. The fourth-order valence-corrected chi connectivity index (χ4v) is 1.56. The van der Waals surface area contributed by atoms with Crippen molar-refractivity contribution in [3.05, 3.63) is 22.4 Å². The van der Waals surface area contributed by atoms with Crippen molar-refractivity contribution >= 4 is 17.2 Å². The zero-order valence-electron chi connectivity index (χ0n) is 8.45. The van der Waals surface area contributed by atoms with Crippen LogP contribution in [0.5, 0.6) is 0 Å². The Kier molecular flexibility index (Phi) is 4.62. The first-order valence-corrected chi connectivity index (χ1v) is 5.52. The first-order valence-electron chi connectivity index (χ1n) is 4.58. The summed E-state index contributed by atoms with van der Waals surface area (Å²) in [6.07, 6.45) is 0.0990. The van der Waals surface area contributed by atoms with Gasteiger partial charge < -0.3 is 10.1 Å². The van der Waals surface area contributed by atoms with Crippen molar-refractivity contribution in [3.8, 4) is 0 Å². The Morgan fingerprint density at radius 1 is 1.64 bits per heavy atom. The van der Waals surface area contributed by atoms with E-state index in [1.54, 1.807) is 11.3 Å². The molecule has 0 radical (unpaired) electrons. The van der Waals surface area contributed by atoms with Gasteiger partial charge in [0.25, 0.3) is 0 Å². The molecule has 1 heterocycles. The van der Waals surface area contributed by atoms with Crippen LogP contribution >= 0.6 is 11.3 Å². The van der Waals surface area contributed by atoms with Crippen LogP contribution in [0.15, 0.2) is 16.8 Å². The van der Waals surface area contributed by atoms with Gasteiger partial charge in [-0.2, -0.15) is 11.3 Å². The van der Waals surface area contributed by atoms with Gasteiger partial charge in [0.05, 0.1) is 6.10 Å². The minimum atomic E-state index is -0.0649. The molecule has 4 heteroatoms. The Bertz CT molecular complexity index is 270. The van der Waals surface area contributed by atoms with E-state index in [9.17, 15) is 4.79 Å². The predicted molar refractivity (Wildman–Crippen MR) is 57.3 cm³/mol. The van der Waals surface area contributed by atoms with E-state index < -0.39 is 0 Å². The van der Waals surface area contributed by atoms with Crippen molar-refractivity contribution in [2.75, 3.05) is 6.61 Å². The van der Waals surface area contributed by atoms with E-state index in [0.29, 0.717) is 6.54 Å². The zero-order valence-corrected chi connectivity index (χ0v) is 9.26. The summed E-state index contributed by atoms with van der Waals surface area (Å²) >= 11 is 1.63. The van der Waals surface area contributed by atoms with Crippen molar-refractivity contribution in [3.63, 3.8) is 0 Å². The van der Waals surface area contributed by atoms with E-state index in [4.69, 9.17) is 4.74 Å². The average Bonchev–Trinajstić information content (AvgIpc) is 2.63. The fourth-order valence-electron chi connectivity index (χ4n) is 0.887. The SMILES string of the molecule is CC(C)OCC(=O)NCc1ccsc1. The van der Waals surface area contributed by atoms with Crippen molar-refractivity contribution < 1.29 is 9.53 Å². The molecule has 1 rings (SSSR count). The standard InChI is InChI=1S/C10H15NO2S/c1-8(2)13-6-10(12)11-5-9-3-4-14-7-9/h3-4,7-8H,5-6H2,1-2H3,(H,11,12). The molecule has 0 spiro atoms. The van der Waals surface area contributed by atoms with Gasteiger partial charge in [0, 0.05) is 6.54 Å². The molecule has 0 atom stereocenters. The highest BCUT2D eigenvalue weighted by Crippen LogP contribution is 2.04.